The summed E-state index contributed by atoms with van der Waals surface area (Å²) in [6, 6.07) is 0. The van der Waals surface area contributed by atoms with Gasteiger partial charge in [-0.1, -0.05) is 38.5 Å². The Bertz CT molecular complexity index is 147. The van der Waals surface area contributed by atoms with Gasteiger partial charge < -0.3 is 0 Å². The zero-order chi connectivity index (χ0) is 8.53. The Morgan fingerprint density at radius 1 is 1.55 bits per heavy atom. The van der Waals surface area contributed by atoms with Crippen molar-refractivity contribution in [2.45, 2.75) is 33.1 Å². The molecule has 0 heterocycles. The Morgan fingerprint density at radius 3 is 2.73 bits per heavy atom. The second-order valence-corrected chi connectivity index (χ2v) is 2.70. The summed E-state index contributed by atoms with van der Waals surface area (Å²) in [5.41, 5.74) is 2.84. The van der Waals surface area contributed by atoms with Crippen molar-refractivity contribution < 1.29 is 0 Å². The molecule has 0 spiro atoms. The van der Waals surface area contributed by atoms with Gasteiger partial charge in [-0.25, -0.2) is 0 Å². The highest BCUT2D eigenvalue weighted by Gasteiger charge is 1.96. The van der Waals surface area contributed by atoms with Crippen LogP contribution in [0.2, 0.25) is 0 Å². The van der Waals surface area contributed by atoms with Gasteiger partial charge >= 0.3 is 0 Å². The maximum Gasteiger partial charge on any atom is 0.00221 e. The highest BCUT2D eigenvalue weighted by atomic mass is 14.0. The van der Waals surface area contributed by atoms with Gasteiger partial charge in [0.15, 0.2) is 0 Å². The molecule has 0 bridgehead atoms. The van der Waals surface area contributed by atoms with Gasteiger partial charge in [-0.2, -0.15) is 0 Å². The lowest BCUT2D eigenvalue weighted by atomic mass is 10.0. The number of hydrogen-bond donors (Lipinski definition) is 0. The van der Waals surface area contributed by atoms with Crippen molar-refractivity contribution in [1.82, 2.24) is 0 Å². The average Bonchev–Trinajstić information content (AvgIpc) is 2.01. The third-order valence-electron chi connectivity index (χ3n) is 1.66. The van der Waals surface area contributed by atoms with Crippen LogP contribution in [0.3, 0.4) is 0 Å². The monoisotopic (exact) mass is 150 g/mol. The SMILES string of the molecule is C=C=CC(C=CC)CCCC. The summed E-state index contributed by atoms with van der Waals surface area (Å²) in [5, 5.41) is 0. The van der Waals surface area contributed by atoms with Crippen molar-refractivity contribution in [2.24, 2.45) is 5.92 Å². The van der Waals surface area contributed by atoms with Crippen LogP contribution in [0.5, 0.6) is 0 Å². The summed E-state index contributed by atoms with van der Waals surface area (Å²) in [7, 11) is 0. The minimum atomic E-state index is 0.553. The summed E-state index contributed by atoms with van der Waals surface area (Å²) in [6.45, 7) is 7.84. The van der Waals surface area contributed by atoms with E-state index in [0.717, 1.165) is 0 Å². The summed E-state index contributed by atoms with van der Waals surface area (Å²) in [5.74, 6) is 0.553. The van der Waals surface area contributed by atoms with Gasteiger partial charge in [0.1, 0.15) is 0 Å². The van der Waals surface area contributed by atoms with Gasteiger partial charge in [0.25, 0.3) is 0 Å². The molecule has 0 saturated carbocycles. The molecule has 0 amide bonds. The highest BCUT2D eigenvalue weighted by molar-refractivity contribution is 4.97. The van der Waals surface area contributed by atoms with E-state index in [9.17, 15) is 0 Å². The van der Waals surface area contributed by atoms with E-state index >= 15 is 0 Å². The summed E-state index contributed by atoms with van der Waals surface area (Å²) in [4.78, 5) is 0. The quantitative estimate of drug-likeness (QED) is 0.414. The molecule has 0 N–H and O–H groups in total. The second kappa shape index (κ2) is 7.37. The Morgan fingerprint density at radius 2 is 2.27 bits per heavy atom. The lowest BCUT2D eigenvalue weighted by Gasteiger charge is -2.03. The molecule has 1 atom stereocenters. The standard InChI is InChI=1S/C11H18/c1-4-7-10-11(8-5-2)9-6-3/h6,8-9,11H,2,4,7,10H2,1,3H3. The first-order valence-electron chi connectivity index (χ1n) is 4.33. The molecule has 0 radical (unpaired) electrons. The molecule has 0 saturated heterocycles. The van der Waals surface area contributed by atoms with E-state index in [-0.39, 0.29) is 0 Å². The molecular weight excluding hydrogens is 132 g/mol. The molecule has 0 aliphatic carbocycles. The largest absolute Gasteiger partial charge is 0.132 e. The fourth-order valence-corrected chi connectivity index (χ4v) is 1.07. The van der Waals surface area contributed by atoms with Crippen LogP contribution >= 0.6 is 0 Å². The van der Waals surface area contributed by atoms with Crippen molar-refractivity contribution in [3.05, 3.63) is 30.5 Å². The molecule has 11 heavy (non-hydrogen) atoms. The van der Waals surface area contributed by atoms with Gasteiger partial charge in [-0.15, -0.1) is 5.73 Å². The van der Waals surface area contributed by atoms with Gasteiger partial charge in [0.2, 0.25) is 0 Å². The average molecular weight is 150 g/mol. The normalized spacial score (nSPS) is 12.9. The minimum Gasteiger partial charge on any atom is -0.132 e. The van der Waals surface area contributed by atoms with Crippen molar-refractivity contribution >= 4 is 0 Å². The predicted octanol–water partition coefficient (Wildman–Crippen LogP) is 3.71. The maximum absolute atomic E-state index is 3.58. The van der Waals surface area contributed by atoms with Gasteiger partial charge in [0, 0.05) is 5.92 Å². The zero-order valence-corrected chi connectivity index (χ0v) is 7.64. The molecule has 0 aliphatic rings. The van der Waals surface area contributed by atoms with Crippen LogP contribution < -0.4 is 0 Å². The molecule has 0 aliphatic heterocycles. The smallest absolute Gasteiger partial charge is 0.00221 e. The molecule has 62 valence electrons. The fraction of sp³-hybridized carbons (Fsp3) is 0.545. The van der Waals surface area contributed by atoms with E-state index in [1.54, 1.807) is 0 Å². The van der Waals surface area contributed by atoms with Crippen molar-refractivity contribution in [3.8, 4) is 0 Å². The van der Waals surface area contributed by atoms with E-state index in [4.69, 9.17) is 0 Å². The van der Waals surface area contributed by atoms with Crippen LogP contribution in [0.1, 0.15) is 33.1 Å². The minimum absolute atomic E-state index is 0.553. The van der Waals surface area contributed by atoms with Crippen molar-refractivity contribution in [2.75, 3.05) is 0 Å². The molecule has 0 rings (SSSR count). The van der Waals surface area contributed by atoms with E-state index in [0.29, 0.717) is 5.92 Å². The summed E-state index contributed by atoms with van der Waals surface area (Å²) >= 11 is 0. The number of unbranched alkanes of at least 4 members (excludes halogenated alkanes) is 1. The van der Waals surface area contributed by atoms with Crippen LogP contribution in [-0.4, -0.2) is 0 Å². The van der Waals surface area contributed by atoms with Crippen molar-refractivity contribution in [1.29, 1.82) is 0 Å². The van der Waals surface area contributed by atoms with Gasteiger partial charge in [-0.05, 0) is 19.4 Å². The van der Waals surface area contributed by atoms with Gasteiger partial charge in [-0.3, -0.25) is 0 Å². The van der Waals surface area contributed by atoms with Gasteiger partial charge in [0.05, 0.1) is 0 Å². The van der Waals surface area contributed by atoms with Crippen LogP contribution in [-0.2, 0) is 0 Å². The van der Waals surface area contributed by atoms with Crippen LogP contribution in [0.15, 0.2) is 30.5 Å². The highest BCUT2D eigenvalue weighted by Crippen LogP contribution is 2.10. The molecule has 0 aromatic rings. The summed E-state index contributed by atoms with van der Waals surface area (Å²) in [6.07, 6.45) is 10.1. The number of rotatable bonds is 5. The molecule has 0 heteroatoms. The number of allylic oxidation sites excluding steroid dienone is 3. The zero-order valence-electron chi connectivity index (χ0n) is 7.64. The fourth-order valence-electron chi connectivity index (χ4n) is 1.07. The Balaban J connectivity index is 3.78. The maximum atomic E-state index is 3.58. The summed E-state index contributed by atoms with van der Waals surface area (Å²) < 4.78 is 0. The van der Waals surface area contributed by atoms with E-state index in [2.05, 4.69) is 38.3 Å². The Kier molecular flexibility index (Phi) is 6.87. The number of hydrogen-bond acceptors (Lipinski definition) is 0. The molecule has 0 nitrogen and oxygen atoms in total. The topological polar surface area (TPSA) is 0 Å². The van der Waals surface area contributed by atoms with Crippen LogP contribution in [0.25, 0.3) is 0 Å². The molecule has 0 fully saturated rings. The molecular formula is C11H18. The molecule has 0 aromatic heterocycles. The third kappa shape index (κ3) is 5.69. The first-order chi connectivity index (χ1) is 5.35. The predicted molar refractivity (Wildman–Crippen MR) is 51.5 cm³/mol. The van der Waals surface area contributed by atoms with Crippen LogP contribution in [0, 0.1) is 5.92 Å². The second-order valence-electron chi connectivity index (χ2n) is 2.70. The van der Waals surface area contributed by atoms with E-state index in [1.807, 2.05) is 6.08 Å². The Hall–Kier alpha value is -0.740. The first-order valence-corrected chi connectivity index (χ1v) is 4.33. The van der Waals surface area contributed by atoms with E-state index in [1.165, 1.54) is 19.3 Å². The third-order valence-corrected chi connectivity index (χ3v) is 1.66. The lowest BCUT2D eigenvalue weighted by molar-refractivity contribution is 0.642. The van der Waals surface area contributed by atoms with E-state index < -0.39 is 0 Å². The van der Waals surface area contributed by atoms with Crippen molar-refractivity contribution in [3.63, 3.8) is 0 Å². The molecule has 0 aromatic carbocycles. The lowest BCUT2D eigenvalue weighted by Crippen LogP contribution is -1.90. The van der Waals surface area contributed by atoms with Crippen LogP contribution in [0.4, 0.5) is 0 Å². The Labute approximate surface area is 70.3 Å². The molecule has 1 unspecified atom stereocenters. The first kappa shape index (κ1) is 10.3.